The Bertz CT molecular complexity index is 516. The van der Waals surface area contributed by atoms with Crippen molar-refractivity contribution in [2.75, 3.05) is 24.2 Å². The molecule has 4 heteroatoms. The number of nitrogen functional groups attached to an aromatic ring is 1. The van der Waals surface area contributed by atoms with E-state index in [-0.39, 0.29) is 0 Å². The molecule has 3 rings (SSSR count). The van der Waals surface area contributed by atoms with Crippen LogP contribution in [0.15, 0.2) is 22.6 Å². The van der Waals surface area contributed by atoms with Gasteiger partial charge in [-0.3, -0.25) is 0 Å². The summed E-state index contributed by atoms with van der Waals surface area (Å²) in [5.41, 5.74) is 8.04. The van der Waals surface area contributed by atoms with Gasteiger partial charge in [-0.2, -0.15) is 4.98 Å². The lowest BCUT2D eigenvalue weighted by molar-refractivity contribution is 0.575. The smallest absolute Gasteiger partial charge is 0.298 e. The predicted octanol–water partition coefficient (Wildman–Crippen LogP) is 2.26. The number of benzene rings is 1. The monoisotopic (exact) mass is 217 g/mol. The number of aromatic nitrogens is 1. The van der Waals surface area contributed by atoms with Gasteiger partial charge in [0.15, 0.2) is 5.58 Å². The SMILES string of the molecule is CN(CC1CC1)c1nc2ccc(N)cc2o1. The van der Waals surface area contributed by atoms with Crippen molar-refractivity contribution in [2.24, 2.45) is 5.92 Å². The van der Waals surface area contributed by atoms with E-state index in [2.05, 4.69) is 9.88 Å². The molecular weight excluding hydrogens is 202 g/mol. The Labute approximate surface area is 94.0 Å². The van der Waals surface area contributed by atoms with Gasteiger partial charge in [-0.25, -0.2) is 0 Å². The minimum Gasteiger partial charge on any atom is -0.423 e. The number of hydrogen-bond acceptors (Lipinski definition) is 4. The van der Waals surface area contributed by atoms with Crippen LogP contribution in [0.3, 0.4) is 0 Å². The van der Waals surface area contributed by atoms with Gasteiger partial charge >= 0.3 is 0 Å². The molecule has 1 aliphatic rings. The first-order valence-corrected chi connectivity index (χ1v) is 5.59. The van der Waals surface area contributed by atoms with Crippen LogP contribution in [0.4, 0.5) is 11.7 Å². The third-order valence-corrected chi connectivity index (χ3v) is 2.96. The van der Waals surface area contributed by atoms with Crippen molar-refractivity contribution in [3.8, 4) is 0 Å². The topological polar surface area (TPSA) is 55.3 Å². The Balaban J connectivity index is 1.91. The van der Waals surface area contributed by atoms with Crippen LogP contribution < -0.4 is 10.6 Å². The summed E-state index contributed by atoms with van der Waals surface area (Å²) in [4.78, 5) is 6.52. The molecule has 1 fully saturated rings. The van der Waals surface area contributed by atoms with Crippen molar-refractivity contribution in [1.29, 1.82) is 0 Å². The Kier molecular flexibility index (Phi) is 2.02. The minimum atomic E-state index is 0.688. The lowest BCUT2D eigenvalue weighted by Gasteiger charge is -2.12. The summed E-state index contributed by atoms with van der Waals surface area (Å²) in [5.74, 6) is 0.824. The van der Waals surface area contributed by atoms with Crippen molar-refractivity contribution >= 4 is 22.8 Å². The first-order valence-electron chi connectivity index (χ1n) is 5.59. The van der Waals surface area contributed by atoms with E-state index in [0.717, 1.165) is 23.6 Å². The molecule has 4 nitrogen and oxygen atoms in total. The molecule has 0 amide bonds. The number of nitrogens with two attached hydrogens (primary N) is 1. The van der Waals surface area contributed by atoms with Gasteiger partial charge in [0, 0.05) is 25.3 Å². The van der Waals surface area contributed by atoms with Gasteiger partial charge in [-0.1, -0.05) is 0 Å². The van der Waals surface area contributed by atoms with Crippen LogP contribution in [0.2, 0.25) is 0 Å². The maximum atomic E-state index is 5.70. The third kappa shape index (κ3) is 1.71. The number of fused-ring (bicyclic) bond motifs is 1. The fourth-order valence-electron chi connectivity index (χ4n) is 1.86. The molecule has 2 aromatic rings. The number of nitrogens with zero attached hydrogens (tertiary/aromatic N) is 2. The molecule has 0 unspecified atom stereocenters. The first kappa shape index (κ1) is 9.51. The van der Waals surface area contributed by atoms with E-state index in [1.54, 1.807) is 0 Å². The van der Waals surface area contributed by atoms with Gasteiger partial charge in [-0.15, -0.1) is 0 Å². The normalized spacial score (nSPS) is 15.6. The van der Waals surface area contributed by atoms with Gasteiger partial charge in [0.2, 0.25) is 0 Å². The Morgan fingerprint density at radius 2 is 2.31 bits per heavy atom. The average Bonchev–Trinajstić information content (AvgIpc) is 2.95. The molecule has 0 atom stereocenters. The maximum Gasteiger partial charge on any atom is 0.298 e. The minimum absolute atomic E-state index is 0.688. The van der Waals surface area contributed by atoms with Crippen LogP contribution >= 0.6 is 0 Å². The molecular formula is C12H15N3O. The first-order chi connectivity index (χ1) is 7.72. The molecule has 0 aliphatic heterocycles. The molecule has 84 valence electrons. The molecule has 0 radical (unpaired) electrons. The van der Waals surface area contributed by atoms with Crippen molar-refractivity contribution in [3.05, 3.63) is 18.2 Å². The summed E-state index contributed by atoms with van der Waals surface area (Å²) in [6, 6.07) is 6.24. The maximum absolute atomic E-state index is 5.70. The number of oxazole rings is 1. The van der Waals surface area contributed by atoms with Gasteiger partial charge in [0.05, 0.1) is 0 Å². The number of anilines is 2. The van der Waals surface area contributed by atoms with E-state index in [0.29, 0.717) is 11.7 Å². The lowest BCUT2D eigenvalue weighted by Crippen LogP contribution is -2.19. The van der Waals surface area contributed by atoms with Crippen LogP contribution in [-0.2, 0) is 0 Å². The highest BCUT2D eigenvalue weighted by atomic mass is 16.4. The Morgan fingerprint density at radius 3 is 3.06 bits per heavy atom. The molecule has 0 spiro atoms. The van der Waals surface area contributed by atoms with Gasteiger partial charge in [0.25, 0.3) is 6.01 Å². The van der Waals surface area contributed by atoms with Crippen molar-refractivity contribution in [2.45, 2.75) is 12.8 Å². The van der Waals surface area contributed by atoms with Gasteiger partial charge < -0.3 is 15.1 Å². The van der Waals surface area contributed by atoms with Crippen LogP contribution in [0, 0.1) is 5.92 Å². The quantitative estimate of drug-likeness (QED) is 0.801. The van der Waals surface area contributed by atoms with Crippen LogP contribution in [0.5, 0.6) is 0 Å². The summed E-state index contributed by atoms with van der Waals surface area (Å²) in [6.07, 6.45) is 2.66. The van der Waals surface area contributed by atoms with E-state index >= 15 is 0 Å². The molecule has 1 aromatic carbocycles. The van der Waals surface area contributed by atoms with Gasteiger partial charge in [0.1, 0.15) is 5.52 Å². The van der Waals surface area contributed by atoms with Crippen LogP contribution in [-0.4, -0.2) is 18.6 Å². The predicted molar refractivity (Wildman–Crippen MR) is 64.4 cm³/mol. The summed E-state index contributed by atoms with van der Waals surface area (Å²) in [5, 5.41) is 0. The average molecular weight is 217 g/mol. The Morgan fingerprint density at radius 1 is 1.50 bits per heavy atom. The number of rotatable bonds is 3. The molecule has 1 aromatic heterocycles. The fourth-order valence-corrected chi connectivity index (χ4v) is 1.86. The molecule has 1 saturated carbocycles. The summed E-state index contributed by atoms with van der Waals surface area (Å²) >= 11 is 0. The molecule has 1 aliphatic carbocycles. The fraction of sp³-hybridized carbons (Fsp3) is 0.417. The highest BCUT2D eigenvalue weighted by Crippen LogP contribution is 2.31. The standard InChI is InChI=1S/C12H15N3O/c1-15(7-8-2-3-8)12-14-10-5-4-9(13)6-11(10)16-12/h4-6,8H,2-3,7,13H2,1H3. The highest BCUT2D eigenvalue weighted by molar-refractivity contribution is 5.78. The Hall–Kier alpha value is -1.71. The van der Waals surface area contributed by atoms with Crippen molar-refractivity contribution < 1.29 is 4.42 Å². The zero-order chi connectivity index (χ0) is 11.1. The molecule has 2 N–H and O–H groups in total. The summed E-state index contributed by atoms with van der Waals surface area (Å²) < 4.78 is 5.67. The largest absolute Gasteiger partial charge is 0.423 e. The molecule has 16 heavy (non-hydrogen) atoms. The second-order valence-corrected chi connectivity index (χ2v) is 4.55. The summed E-state index contributed by atoms with van der Waals surface area (Å²) in [6.45, 7) is 1.03. The van der Waals surface area contributed by atoms with Crippen LogP contribution in [0.25, 0.3) is 11.1 Å². The van der Waals surface area contributed by atoms with E-state index in [1.807, 2.05) is 25.2 Å². The second kappa shape index (κ2) is 3.40. The van der Waals surface area contributed by atoms with Gasteiger partial charge in [-0.05, 0) is 30.9 Å². The molecule has 0 bridgehead atoms. The lowest BCUT2D eigenvalue weighted by atomic mass is 10.3. The van der Waals surface area contributed by atoms with E-state index < -0.39 is 0 Å². The van der Waals surface area contributed by atoms with E-state index in [1.165, 1.54) is 12.8 Å². The molecule has 0 saturated heterocycles. The zero-order valence-corrected chi connectivity index (χ0v) is 9.31. The van der Waals surface area contributed by atoms with E-state index in [4.69, 9.17) is 10.2 Å². The molecule has 1 heterocycles. The van der Waals surface area contributed by atoms with Crippen molar-refractivity contribution in [1.82, 2.24) is 4.98 Å². The second-order valence-electron chi connectivity index (χ2n) is 4.55. The van der Waals surface area contributed by atoms with E-state index in [9.17, 15) is 0 Å². The highest BCUT2D eigenvalue weighted by Gasteiger charge is 2.24. The van der Waals surface area contributed by atoms with Crippen LogP contribution in [0.1, 0.15) is 12.8 Å². The third-order valence-electron chi connectivity index (χ3n) is 2.96. The van der Waals surface area contributed by atoms with Crippen molar-refractivity contribution in [3.63, 3.8) is 0 Å². The number of hydrogen-bond donors (Lipinski definition) is 1. The summed E-state index contributed by atoms with van der Waals surface area (Å²) in [7, 11) is 2.02. The zero-order valence-electron chi connectivity index (χ0n) is 9.31.